The standard InChI is InChI=1S/C29H31NO4/c1-18-26(29(33)34-23-13-6-3-7-14-23)27(20-11-8-12-22(31)15-20)28-24(30-18)16-21(17-25(28)32)19-9-4-2-5-10-19/h2,4-5,8-12,15,21,23,26-27,31H,3,6-7,13-14,16-17H2,1H3/t21-,26?,27-/m1/s1. The lowest BCUT2D eigenvalue weighted by Crippen LogP contribution is -2.39. The van der Waals surface area contributed by atoms with Gasteiger partial charge in [0.1, 0.15) is 17.8 Å². The summed E-state index contributed by atoms with van der Waals surface area (Å²) >= 11 is 0. The fourth-order valence-corrected chi connectivity index (χ4v) is 5.82. The first-order valence-electron chi connectivity index (χ1n) is 12.4. The van der Waals surface area contributed by atoms with Crippen LogP contribution < -0.4 is 0 Å². The van der Waals surface area contributed by atoms with Crippen LogP contribution in [-0.2, 0) is 14.3 Å². The number of carbonyl (C=O) groups is 2. The lowest BCUT2D eigenvalue weighted by Gasteiger charge is -2.37. The summed E-state index contributed by atoms with van der Waals surface area (Å²) in [5, 5.41) is 10.2. The van der Waals surface area contributed by atoms with Crippen molar-refractivity contribution in [1.82, 2.24) is 0 Å². The van der Waals surface area contributed by atoms with Gasteiger partial charge in [0.05, 0.1) is 0 Å². The van der Waals surface area contributed by atoms with Gasteiger partial charge in [-0.25, -0.2) is 0 Å². The second-order valence-electron chi connectivity index (χ2n) is 9.80. The highest BCUT2D eigenvalue weighted by Gasteiger charge is 2.45. The van der Waals surface area contributed by atoms with Gasteiger partial charge in [0, 0.05) is 29.3 Å². The number of hydrogen-bond acceptors (Lipinski definition) is 5. The molecule has 5 heteroatoms. The van der Waals surface area contributed by atoms with E-state index in [1.54, 1.807) is 18.2 Å². The van der Waals surface area contributed by atoms with E-state index in [1.165, 1.54) is 6.42 Å². The normalized spacial score (nSPS) is 25.5. The van der Waals surface area contributed by atoms with E-state index in [0.717, 1.165) is 42.5 Å². The minimum Gasteiger partial charge on any atom is -0.508 e. The van der Waals surface area contributed by atoms with E-state index >= 15 is 0 Å². The van der Waals surface area contributed by atoms with Crippen LogP contribution in [0.2, 0.25) is 0 Å². The Balaban J connectivity index is 1.53. The van der Waals surface area contributed by atoms with Gasteiger partial charge in [-0.1, -0.05) is 48.9 Å². The van der Waals surface area contributed by atoms with Crippen molar-refractivity contribution in [3.63, 3.8) is 0 Å². The van der Waals surface area contributed by atoms with Gasteiger partial charge in [-0.15, -0.1) is 0 Å². The third kappa shape index (κ3) is 4.44. The molecule has 0 saturated heterocycles. The van der Waals surface area contributed by atoms with Gasteiger partial charge in [0.15, 0.2) is 5.78 Å². The minimum atomic E-state index is -0.667. The molecule has 0 amide bonds. The van der Waals surface area contributed by atoms with E-state index in [1.807, 2.05) is 31.2 Å². The van der Waals surface area contributed by atoms with Crippen LogP contribution in [0.3, 0.4) is 0 Å². The van der Waals surface area contributed by atoms with E-state index < -0.39 is 11.8 Å². The number of allylic oxidation sites excluding steroid dienone is 2. The Labute approximate surface area is 200 Å². The van der Waals surface area contributed by atoms with Crippen molar-refractivity contribution in [2.45, 2.75) is 69.8 Å². The van der Waals surface area contributed by atoms with Crippen molar-refractivity contribution in [2.75, 3.05) is 0 Å². The molecule has 2 aromatic carbocycles. The Bertz CT molecular complexity index is 1140. The maximum atomic E-state index is 13.6. The number of nitrogens with zero attached hydrogens (tertiary/aromatic N) is 1. The average molecular weight is 458 g/mol. The fraction of sp³-hybridized carbons (Fsp3) is 0.414. The lowest BCUT2D eigenvalue weighted by molar-refractivity contribution is -0.153. The average Bonchev–Trinajstić information content (AvgIpc) is 2.84. The van der Waals surface area contributed by atoms with Gasteiger partial charge < -0.3 is 9.84 Å². The van der Waals surface area contributed by atoms with Crippen molar-refractivity contribution in [3.05, 3.63) is 77.0 Å². The van der Waals surface area contributed by atoms with Gasteiger partial charge >= 0.3 is 5.97 Å². The molecule has 1 fully saturated rings. The third-order valence-electron chi connectivity index (χ3n) is 7.48. The molecule has 1 unspecified atom stereocenters. The van der Waals surface area contributed by atoms with E-state index in [-0.39, 0.29) is 29.5 Å². The Hall–Kier alpha value is -3.21. The predicted octanol–water partition coefficient (Wildman–Crippen LogP) is 5.84. The number of aliphatic imine (C=N–C) groups is 1. The van der Waals surface area contributed by atoms with Crippen LogP contribution in [0.4, 0.5) is 0 Å². The zero-order valence-electron chi connectivity index (χ0n) is 19.6. The predicted molar refractivity (Wildman–Crippen MR) is 131 cm³/mol. The Morgan fingerprint density at radius 3 is 2.44 bits per heavy atom. The Morgan fingerprint density at radius 1 is 0.971 bits per heavy atom. The first kappa shape index (κ1) is 22.6. The summed E-state index contributed by atoms with van der Waals surface area (Å²) < 4.78 is 5.97. The Morgan fingerprint density at radius 2 is 1.71 bits per heavy atom. The fourth-order valence-electron chi connectivity index (χ4n) is 5.82. The maximum absolute atomic E-state index is 13.6. The molecule has 3 aliphatic rings. The number of phenolic OH excluding ortho intramolecular Hbond substituents is 1. The van der Waals surface area contributed by atoms with Gasteiger partial charge in [0.2, 0.25) is 0 Å². The molecule has 1 saturated carbocycles. The van der Waals surface area contributed by atoms with Crippen molar-refractivity contribution in [2.24, 2.45) is 10.9 Å². The van der Waals surface area contributed by atoms with Crippen LogP contribution in [0.5, 0.6) is 5.75 Å². The van der Waals surface area contributed by atoms with E-state index in [4.69, 9.17) is 9.73 Å². The number of ketones is 1. The van der Waals surface area contributed by atoms with Crippen LogP contribution in [-0.4, -0.2) is 28.7 Å². The highest BCUT2D eigenvalue weighted by molar-refractivity contribution is 6.09. The summed E-state index contributed by atoms with van der Waals surface area (Å²) in [4.78, 5) is 32.0. The highest BCUT2D eigenvalue weighted by Crippen LogP contribution is 2.47. The van der Waals surface area contributed by atoms with Gasteiger partial charge in [-0.2, -0.15) is 0 Å². The van der Waals surface area contributed by atoms with Crippen molar-refractivity contribution in [1.29, 1.82) is 0 Å². The largest absolute Gasteiger partial charge is 0.508 e. The van der Waals surface area contributed by atoms with Crippen molar-refractivity contribution >= 4 is 17.5 Å². The summed E-state index contributed by atoms with van der Waals surface area (Å²) in [6.45, 7) is 1.86. The number of esters is 1. The summed E-state index contributed by atoms with van der Waals surface area (Å²) in [6, 6.07) is 17.0. The summed E-state index contributed by atoms with van der Waals surface area (Å²) in [5.74, 6) is -1.27. The quantitative estimate of drug-likeness (QED) is 0.585. The smallest absolute Gasteiger partial charge is 0.315 e. The van der Waals surface area contributed by atoms with Crippen LogP contribution in [0.1, 0.15) is 74.8 Å². The third-order valence-corrected chi connectivity index (χ3v) is 7.48. The zero-order chi connectivity index (χ0) is 23.7. The summed E-state index contributed by atoms with van der Waals surface area (Å²) in [5.41, 5.74) is 3.92. The second kappa shape index (κ2) is 9.57. The molecule has 0 bridgehead atoms. The van der Waals surface area contributed by atoms with Crippen LogP contribution in [0.15, 0.2) is 70.9 Å². The monoisotopic (exact) mass is 457 g/mol. The first-order valence-corrected chi connectivity index (χ1v) is 12.4. The number of phenols is 1. The van der Waals surface area contributed by atoms with Crippen molar-refractivity contribution < 1.29 is 19.4 Å². The molecule has 2 aliphatic carbocycles. The van der Waals surface area contributed by atoms with Gasteiger partial charge in [-0.3, -0.25) is 14.6 Å². The minimum absolute atomic E-state index is 0.0233. The number of ether oxygens (including phenoxy) is 1. The van der Waals surface area contributed by atoms with Gasteiger partial charge in [-0.05, 0) is 68.2 Å². The molecule has 34 heavy (non-hydrogen) atoms. The second-order valence-corrected chi connectivity index (χ2v) is 9.80. The summed E-state index contributed by atoms with van der Waals surface area (Å²) in [7, 11) is 0. The molecule has 1 heterocycles. The maximum Gasteiger partial charge on any atom is 0.315 e. The molecule has 1 N–H and O–H groups in total. The Kier molecular flexibility index (Phi) is 6.36. The zero-order valence-corrected chi connectivity index (χ0v) is 19.6. The molecule has 0 radical (unpaired) electrons. The molecule has 0 spiro atoms. The number of Topliss-reactive ketones (excluding diaryl/α,β-unsaturated/α-hetero) is 1. The van der Waals surface area contributed by atoms with Crippen LogP contribution >= 0.6 is 0 Å². The molecular formula is C29H31NO4. The van der Waals surface area contributed by atoms with E-state index in [0.29, 0.717) is 24.1 Å². The molecule has 176 valence electrons. The topological polar surface area (TPSA) is 76.0 Å². The van der Waals surface area contributed by atoms with Crippen molar-refractivity contribution in [3.8, 4) is 5.75 Å². The van der Waals surface area contributed by atoms with Crippen LogP contribution in [0, 0.1) is 5.92 Å². The molecule has 0 aromatic heterocycles. The number of rotatable bonds is 4. The van der Waals surface area contributed by atoms with E-state index in [2.05, 4.69) is 12.1 Å². The highest BCUT2D eigenvalue weighted by atomic mass is 16.5. The SMILES string of the molecule is CC1=NC2=C(C(=O)C[C@H](c3ccccc3)C2)[C@H](c2cccc(O)c2)C1C(=O)OC1CCCCC1. The lowest BCUT2D eigenvalue weighted by atomic mass is 9.69. The molecule has 5 rings (SSSR count). The number of carbonyl (C=O) groups excluding carboxylic acids is 2. The number of benzene rings is 2. The molecule has 1 aliphatic heterocycles. The molecular weight excluding hydrogens is 426 g/mol. The molecule has 5 nitrogen and oxygen atoms in total. The van der Waals surface area contributed by atoms with E-state index in [9.17, 15) is 14.7 Å². The van der Waals surface area contributed by atoms with Gasteiger partial charge in [0.25, 0.3) is 0 Å². The number of aromatic hydroxyl groups is 1. The molecule has 2 aromatic rings. The molecule has 3 atom stereocenters. The first-order chi connectivity index (χ1) is 16.5. The number of hydrogen-bond donors (Lipinski definition) is 1. The van der Waals surface area contributed by atoms with Crippen LogP contribution in [0.25, 0.3) is 0 Å². The summed E-state index contributed by atoms with van der Waals surface area (Å²) in [6.07, 6.45) is 6.06.